The molecule has 1 aromatic heterocycles. The van der Waals surface area contributed by atoms with Crippen LogP contribution in [-0.2, 0) is 4.79 Å². The molecule has 9 heteroatoms. The van der Waals surface area contributed by atoms with Gasteiger partial charge in [0, 0.05) is 28.8 Å². The number of non-ortho nitro benzene ring substituents is 1. The number of nitrogens with zero attached hydrogens (tertiary/aromatic N) is 2. The van der Waals surface area contributed by atoms with Gasteiger partial charge in [0.15, 0.2) is 6.61 Å². The zero-order chi connectivity index (χ0) is 21.0. The van der Waals surface area contributed by atoms with Crippen molar-refractivity contribution in [3.63, 3.8) is 0 Å². The van der Waals surface area contributed by atoms with Crippen molar-refractivity contribution in [3.8, 4) is 23.1 Å². The van der Waals surface area contributed by atoms with Gasteiger partial charge < -0.3 is 9.15 Å². The minimum Gasteiger partial charge on any atom is -0.484 e. The summed E-state index contributed by atoms with van der Waals surface area (Å²) in [5.41, 5.74) is 1.19. The van der Waals surface area contributed by atoms with Crippen LogP contribution in [0.2, 0.25) is 5.02 Å². The maximum Gasteiger partial charge on any atom is 0.270 e. The van der Waals surface area contributed by atoms with Gasteiger partial charge in [-0.2, -0.15) is 5.26 Å². The highest BCUT2D eigenvalue weighted by molar-refractivity contribution is 6.31. The van der Waals surface area contributed by atoms with Crippen LogP contribution in [0.4, 0.5) is 11.6 Å². The second-order valence-corrected chi connectivity index (χ2v) is 6.43. The Kier molecular flexibility index (Phi) is 5.81. The summed E-state index contributed by atoms with van der Waals surface area (Å²) in [6, 6.07) is 14.1. The van der Waals surface area contributed by atoms with Crippen molar-refractivity contribution in [1.82, 2.24) is 0 Å². The fourth-order valence-corrected chi connectivity index (χ4v) is 2.62. The lowest BCUT2D eigenvalue weighted by atomic mass is 10.1. The van der Waals surface area contributed by atoms with Crippen LogP contribution < -0.4 is 10.1 Å². The molecule has 0 bridgehead atoms. The summed E-state index contributed by atoms with van der Waals surface area (Å²) in [5, 5.41) is 23.3. The average molecular weight is 412 g/mol. The van der Waals surface area contributed by atoms with Crippen molar-refractivity contribution in [1.29, 1.82) is 5.26 Å². The summed E-state index contributed by atoms with van der Waals surface area (Å²) in [5.74, 6) is 0.0954. The quantitative estimate of drug-likeness (QED) is 0.463. The number of hydrogen-bond acceptors (Lipinski definition) is 6. The van der Waals surface area contributed by atoms with Crippen molar-refractivity contribution in [2.45, 2.75) is 6.92 Å². The number of hydrogen-bond donors (Lipinski definition) is 1. The van der Waals surface area contributed by atoms with E-state index in [9.17, 15) is 20.2 Å². The van der Waals surface area contributed by atoms with Gasteiger partial charge in [-0.15, -0.1) is 0 Å². The molecule has 0 saturated heterocycles. The summed E-state index contributed by atoms with van der Waals surface area (Å²) in [7, 11) is 0. The highest BCUT2D eigenvalue weighted by Crippen LogP contribution is 2.30. The molecular formula is C20H14ClN3O5. The number of nitrogens with one attached hydrogen (secondary N) is 1. The van der Waals surface area contributed by atoms with Gasteiger partial charge in [0.05, 0.1) is 4.92 Å². The summed E-state index contributed by atoms with van der Waals surface area (Å²) in [6.07, 6.45) is 0. The number of furan rings is 1. The van der Waals surface area contributed by atoms with Crippen molar-refractivity contribution < 1.29 is 18.9 Å². The molecule has 0 saturated carbocycles. The number of carbonyl (C=O) groups excluding carboxylic acids is 1. The maximum atomic E-state index is 12.2. The van der Waals surface area contributed by atoms with E-state index in [-0.39, 0.29) is 29.5 Å². The molecule has 0 aliphatic carbocycles. The molecule has 3 aromatic rings. The van der Waals surface area contributed by atoms with Gasteiger partial charge in [-0.05, 0) is 30.7 Å². The van der Waals surface area contributed by atoms with Gasteiger partial charge in [-0.3, -0.25) is 20.2 Å². The lowest BCUT2D eigenvalue weighted by Gasteiger charge is -2.07. The van der Waals surface area contributed by atoms with Crippen molar-refractivity contribution in [2.75, 3.05) is 11.9 Å². The molecule has 1 amide bonds. The highest BCUT2D eigenvalue weighted by Gasteiger charge is 2.17. The van der Waals surface area contributed by atoms with Crippen LogP contribution in [-0.4, -0.2) is 17.4 Å². The van der Waals surface area contributed by atoms with Crippen LogP contribution >= 0.6 is 11.6 Å². The lowest BCUT2D eigenvalue weighted by molar-refractivity contribution is -0.384. The van der Waals surface area contributed by atoms with Crippen molar-refractivity contribution in [2.24, 2.45) is 0 Å². The van der Waals surface area contributed by atoms with Gasteiger partial charge in [0.25, 0.3) is 11.6 Å². The molecule has 2 aromatic carbocycles. The van der Waals surface area contributed by atoms with Gasteiger partial charge in [-0.25, -0.2) is 0 Å². The van der Waals surface area contributed by atoms with E-state index < -0.39 is 10.8 Å². The second kappa shape index (κ2) is 8.46. The molecule has 1 N–H and O–H groups in total. The summed E-state index contributed by atoms with van der Waals surface area (Å²) in [6.45, 7) is 1.51. The van der Waals surface area contributed by atoms with Crippen molar-refractivity contribution >= 4 is 29.1 Å². The Labute approximate surface area is 170 Å². The molecule has 0 radical (unpaired) electrons. The van der Waals surface area contributed by atoms with E-state index in [0.29, 0.717) is 16.3 Å². The normalized spacial score (nSPS) is 10.2. The predicted octanol–water partition coefficient (Wildman–Crippen LogP) is 4.71. The Morgan fingerprint density at radius 1 is 1.31 bits per heavy atom. The first-order valence-electron chi connectivity index (χ1n) is 8.35. The molecule has 3 rings (SSSR count). The van der Waals surface area contributed by atoms with E-state index in [4.69, 9.17) is 20.8 Å². The lowest BCUT2D eigenvalue weighted by Crippen LogP contribution is -2.20. The summed E-state index contributed by atoms with van der Waals surface area (Å²) < 4.78 is 10.9. The van der Waals surface area contributed by atoms with Gasteiger partial charge >= 0.3 is 0 Å². The third-order valence-electron chi connectivity index (χ3n) is 3.95. The van der Waals surface area contributed by atoms with E-state index in [0.717, 1.165) is 5.56 Å². The van der Waals surface area contributed by atoms with Gasteiger partial charge in [0.1, 0.15) is 23.1 Å². The van der Waals surface area contributed by atoms with Crippen LogP contribution in [0.25, 0.3) is 11.3 Å². The van der Waals surface area contributed by atoms with E-state index in [1.807, 2.05) is 13.0 Å². The van der Waals surface area contributed by atoms with Gasteiger partial charge in [-0.1, -0.05) is 23.7 Å². The highest BCUT2D eigenvalue weighted by atomic mass is 35.5. The topological polar surface area (TPSA) is 118 Å². The first kappa shape index (κ1) is 19.9. The smallest absolute Gasteiger partial charge is 0.270 e. The van der Waals surface area contributed by atoms with E-state index >= 15 is 0 Å². The number of benzene rings is 2. The monoisotopic (exact) mass is 411 g/mol. The number of carbonyl (C=O) groups is 1. The number of nitro benzene ring substituents is 1. The Morgan fingerprint density at radius 3 is 2.79 bits per heavy atom. The van der Waals surface area contributed by atoms with Crippen LogP contribution in [0.1, 0.15) is 11.1 Å². The van der Waals surface area contributed by atoms with Crippen molar-refractivity contribution in [3.05, 3.63) is 74.8 Å². The minimum absolute atomic E-state index is 0.0603. The molecule has 1 heterocycles. The SMILES string of the molecule is Cc1cc(OCC(=O)Nc2oc(-c3cccc([N+](=O)[O-])c3)cc2C#N)ccc1Cl. The molecule has 8 nitrogen and oxygen atoms in total. The number of ether oxygens (including phenoxy) is 1. The summed E-state index contributed by atoms with van der Waals surface area (Å²) >= 11 is 5.95. The van der Waals surface area contributed by atoms with Crippen LogP contribution in [0.5, 0.6) is 5.75 Å². The molecule has 0 aliphatic rings. The van der Waals surface area contributed by atoms with E-state index in [1.165, 1.54) is 24.3 Å². The Balaban J connectivity index is 1.73. The maximum absolute atomic E-state index is 12.2. The molecule has 0 atom stereocenters. The fraction of sp³-hybridized carbons (Fsp3) is 0.100. The standard InChI is InChI=1S/C20H14ClN3O5/c1-12-7-16(5-6-17(12)21)28-11-19(25)23-20-14(10-22)9-18(29-20)13-3-2-4-15(8-13)24(26)27/h2-9H,11H2,1H3,(H,23,25). The van der Waals surface area contributed by atoms with Crippen LogP contribution in [0, 0.1) is 28.4 Å². The van der Waals surface area contributed by atoms with E-state index in [2.05, 4.69) is 5.32 Å². The largest absolute Gasteiger partial charge is 0.484 e. The average Bonchev–Trinajstić information content (AvgIpc) is 3.11. The molecule has 29 heavy (non-hydrogen) atoms. The Morgan fingerprint density at radius 2 is 2.10 bits per heavy atom. The second-order valence-electron chi connectivity index (χ2n) is 6.02. The minimum atomic E-state index is -0.533. The number of nitriles is 1. The van der Waals surface area contributed by atoms with E-state index in [1.54, 1.807) is 24.3 Å². The number of anilines is 1. The first-order chi connectivity index (χ1) is 13.9. The molecule has 0 unspecified atom stereocenters. The van der Waals surface area contributed by atoms with Crippen LogP contribution in [0.3, 0.4) is 0 Å². The Bertz CT molecular complexity index is 1130. The fourth-order valence-electron chi connectivity index (χ4n) is 2.50. The number of amides is 1. The number of aryl methyl sites for hydroxylation is 1. The van der Waals surface area contributed by atoms with Crippen LogP contribution in [0.15, 0.2) is 52.9 Å². The zero-order valence-corrected chi connectivity index (χ0v) is 15.9. The molecule has 0 spiro atoms. The molecule has 146 valence electrons. The first-order valence-corrected chi connectivity index (χ1v) is 8.72. The summed E-state index contributed by atoms with van der Waals surface area (Å²) in [4.78, 5) is 22.6. The number of rotatable bonds is 6. The Hall–Kier alpha value is -3.83. The predicted molar refractivity (Wildman–Crippen MR) is 106 cm³/mol. The third kappa shape index (κ3) is 4.72. The molecule has 0 fully saturated rings. The molecule has 0 aliphatic heterocycles. The number of halogens is 1. The number of nitro groups is 1. The zero-order valence-electron chi connectivity index (χ0n) is 15.1. The third-order valence-corrected chi connectivity index (χ3v) is 4.37. The molecular weight excluding hydrogens is 398 g/mol. The van der Waals surface area contributed by atoms with Gasteiger partial charge in [0.2, 0.25) is 5.88 Å².